The molecule has 2 heterocycles. The van der Waals surface area contributed by atoms with Gasteiger partial charge in [-0.05, 0) is 58.9 Å². The molecule has 5 atom stereocenters. The smallest absolute Gasteiger partial charge is 0.122 e. The summed E-state index contributed by atoms with van der Waals surface area (Å²) in [5.74, 6) is 2.49. The van der Waals surface area contributed by atoms with E-state index in [2.05, 4.69) is 98.0 Å². The van der Waals surface area contributed by atoms with E-state index in [-0.39, 0.29) is 23.5 Å². The van der Waals surface area contributed by atoms with Crippen molar-refractivity contribution in [3.8, 4) is 11.5 Å². The van der Waals surface area contributed by atoms with Gasteiger partial charge < -0.3 is 18.9 Å². The molecule has 3 aromatic carbocycles. The molecular weight excluding hydrogens is 484 g/mol. The van der Waals surface area contributed by atoms with Crippen molar-refractivity contribution in [2.24, 2.45) is 5.92 Å². The zero-order valence-corrected chi connectivity index (χ0v) is 22.6. The van der Waals surface area contributed by atoms with Gasteiger partial charge in [0.2, 0.25) is 0 Å². The number of hydrogen-bond donors (Lipinski definition) is 0. The lowest BCUT2D eigenvalue weighted by atomic mass is 9.63. The number of ether oxygens (including phenoxy) is 4. The van der Waals surface area contributed by atoms with E-state index in [4.69, 9.17) is 18.9 Å². The average Bonchev–Trinajstić information content (AvgIpc) is 3.93. The molecule has 0 saturated carbocycles. The van der Waals surface area contributed by atoms with E-state index in [1.54, 1.807) is 0 Å². The van der Waals surface area contributed by atoms with Gasteiger partial charge in [0.25, 0.3) is 0 Å². The third-order valence-electron chi connectivity index (χ3n) is 8.67. The van der Waals surface area contributed by atoms with Gasteiger partial charge >= 0.3 is 0 Å². The summed E-state index contributed by atoms with van der Waals surface area (Å²) in [5.41, 5.74) is 6.38. The Labute approximate surface area is 231 Å². The molecule has 0 radical (unpaired) electrons. The quantitative estimate of drug-likeness (QED) is 0.262. The highest BCUT2D eigenvalue weighted by molar-refractivity contribution is 5.63. The standard InChI is InChI=1S/C35H36O4/c1-2-3-8-24-19-26(15-18-34(24)39-23-29-22-38-29)35(25-13-16-27(17-14-25)36-20-28-21-37-28)32-11-6-4-9-30(32)31-10-5-7-12-33(31)35/h4-7,9-19,28-30,32H,2-3,8,20-23H2,1H3. The topological polar surface area (TPSA) is 43.5 Å². The van der Waals surface area contributed by atoms with Gasteiger partial charge in [-0.15, -0.1) is 0 Å². The summed E-state index contributed by atoms with van der Waals surface area (Å²) >= 11 is 0. The van der Waals surface area contributed by atoms with E-state index in [1.807, 2.05) is 0 Å². The van der Waals surface area contributed by atoms with Crippen LogP contribution in [0.3, 0.4) is 0 Å². The van der Waals surface area contributed by atoms with Gasteiger partial charge in [-0.2, -0.15) is 0 Å². The van der Waals surface area contributed by atoms with Gasteiger partial charge in [0, 0.05) is 11.8 Å². The Kier molecular flexibility index (Phi) is 6.54. The number of fused-ring (bicyclic) bond motifs is 3. The molecule has 2 aliphatic carbocycles. The first-order chi connectivity index (χ1) is 19.3. The number of benzene rings is 3. The van der Waals surface area contributed by atoms with Gasteiger partial charge in [0.05, 0.1) is 18.6 Å². The first-order valence-corrected chi connectivity index (χ1v) is 14.4. The van der Waals surface area contributed by atoms with Crippen LogP contribution in [-0.4, -0.2) is 38.6 Å². The lowest BCUT2D eigenvalue weighted by molar-refractivity contribution is 0.261. The number of unbranched alkanes of at least 4 members (excludes halogenated alkanes) is 1. The minimum absolute atomic E-state index is 0.240. The SMILES string of the molecule is CCCCc1cc(C2(c3ccc(OCC4CO4)cc3)c3ccccc3C3C=CC=CC32)ccc1OCC1CO1. The van der Waals surface area contributed by atoms with E-state index in [0.717, 1.165) is 44.0 Å². The van der Waals surface area contributed by atoms with E-state index < -0.39 is 0 Å². The second-order valence-corrected chi connectivity index (χ2v) is 11.2. The lowest BCUT2D eigenvalue weighted by Gasteiger charge is -2.39. The molecule has 0 spiro atoms. The molecular formula is C35H36O4. The molecule has 0 N–H and O–H groups in total. The maximum Gasteiger partial charge on any atom is 0.122 e. The van der Waals surface area contributed by atoms with Crippen LogP contribution in [0.5, 0.6) is 11.5 Å². The highest BCUT2D eigenvalue weighted by Crippen LogP contribution is 2.59. The molecule has 0 aromatic heterocycles. The van der Waals surface area contributed by atoms with Crippen LogP contribution in [0.1, 0.15) is 53.5 Å². The van der Waals surface area contributed by atoms with Crippen LogP contribution in [0.15, 0.2) is 91.0 Å². The highest BCUT2D eigenvalue weighted by Gasteiger charge is 2.52. The Morgan fingerprint density at radius 1 is 0.821 bits per heavy atom. The normalized spacial score (nSPS) is 27.6. The van der Waals surface area contributed by atoms with Crippen LogP contribution in [0.2, 0.25) is 0 Å². The van der Waals surface area contributed by atoms with Crippen LogP contribution in [0.25, 0.3) is 0 Å². The molecule has 5 unspecified atom stereocenters. The Hall–Kier alpha value is -3.34. The monoisotopic (exact) mass is 520 g/mol. The van der Waals surface area contributed by atoms with E-state index in [0.29, 0.717) is 19.1 Å². The predicted molar refractivity (Wildman–Crippen MR) is 153 cm³/mol. The average molecular weight is 521 g/mol. The van der Waals surface area contributed by atoms with Gasteiger partial charge in [-0.25, -0.2) is 0 Å². The van der Waals surface area contributed by atoms with E-state index >= 15 is 0 Å². The molecule has 3 aromatic rings. The summed E-state index contributed by atoms with van der Waals surface area (Å²) in [6.45, 7) is 5.09. The fourth-order valence-electron chi connectivity index (χ4n) is 6.55. The third kappa shape index (κ3) is 4.60. The minimum atomic E-state index is -0.320. The summed E-state index contributed by atoms with van der Waals surface area (Å²) in [5, 5.41) is 0. The molecule has 2 fully saturated rings. The van der Waals surface area contributed by atoms with Crippen molar-refractivity contribution in [3.05, 3.63) is 119 Å². The van der Waals surface area contributed by atoms with Crippen LogP contribution in [0.4, 0.5) is 0 Å². The minimum Gasteiger partial charge on any atom is -0.491 e. The number of rotatable bonds is 11. The van der Waals surface area contributed by atoms with Gasteiger partial charge in [0.15, 0.2) is 0 Å². The molecule has 0 amide bonds. The van der Waals surface area contributed by atoms with Crippen molar-refractivity contribution >= 4 is 0 Å². The van der Waals surface area contributed by atoms with Crippen molar-refractivity contribution in [2.45, 2.75) is 49.7 Å². The lowest BCUT2D eigenvalue weighted by Crippen LogP contribution is -2.35. The van der Waals surface area contributed by atoms with Crippen molar-refractivity contribution in [2.75, 3.05) is 26.4 Å². The van der Waals surface area contributed by atoms with Crippen LogP contribution in [-0.2, 0) is 21.3 Å². The molecule has 4 nitrogen and oxygen atoms in total. The Balaban J connectivity index is 1.36. The fourth-order valence-corrected chi connectivity index (χ4v) is 6.55. The second kappa shape index (κ2) is 10.3. The Bertz CT molecular complexity index is 1380. The third-order valence-corrected chi connectivity index (χ3v) is 8.67. The van der Waals surface area contributed by atoms with Gasteiger partial charge in [0.1, 0.15) is 36.9 Å². The maximum absolute atomic E-state index is 6.28. The summed E-state index contributed by atoms with van der Waals surface area (Å²) in [4.78, 5) is 0. The number of hydrogen-bond acceptors (Lipinski definition) is 4. The Morgan fingerprint density at radius 2 is 1.54 bits per heavy atom. The molecule has 200 valence electrons. The van der Waals surface area contributed by atoms with Crippen LogP contribution < -0.4 is 9.47 Å². The van der Waals surface area contributed by atoms with E-state index in [9.17, 15) is 0 Å². The van der Waals surface area contributed by atoms with Crippen molar-refractivity contribution < 1.29 is 18.9 Å². The van der Waals surface area contributed by atoms with E-state index in [1.165, 1.54) is 27.8 Å². The summed E-state index contributed by atoms with van der Waals surface area (Å²) in [6, 6.07) is 24.8. The maximum atomic E-state index is 6.28. The molecule has 2 aliphatic heterocycles. The summed E-state index contributed by atoms with van der Waals surface area (Å²) in [6.07, 6.45) is 13.0. The molecule has 39 heavy (non-hydrogen) atoms. The van der Waals surface area contributed by atoms with Crippen molar-refractivity contribution in [1.29, 1.82) is 0 Å². The number of aryl methyl sites for hydroxylation is 1. The van der Waals surface area contributed by atoms with Crippen LogP contribution >= 0.6 is 0 Å². The summed E-state index contributed by atoms with van der Waals surface area (Å²) < 4.78 is 23.0. The first kappa shape index (κ1) is 24.7. The summed E-state index contributed by atoms with van der Waals surface area (Å²) in [7, 11) is 0. The number of epoxide rings is 2. The highest BCUT2D eigenvalue weighted by atomic mass is 16.6. The van der Waals surface area contributed by atoms with Crippen molar-refractivity contribution in [1.82, 2.24) is 0 Å². The molecule has 7 rings (SSSR count). The Morgan fingerprint density at radius 3 is 2.31 bits per heavy atom. The van der Waals surface area contributed by atoms with Crippen LogP contribution in [0, 0.1) is 5.92 Å². The zero-order chi connectivity index (χ0) is 26.2. The molecule has 4 aliphatic rings. The molecule has 4 heteroatoms. The first-order valence-electron chi connectivity index (χ1n) is 14.4. The fraction of sp³-hybridized carbons (Fsp3) is 0.371. The predicted octanol–water partition coefficient (Wildman–Crippen LogP) is 6.76. The second-order valence-electron chi connectivity index (χ2n) is 11.2. The molecule has 0 bridgehead atoms. The van der Waals surface area contributed by atoms with Gasteiger partial charge in [-0.1, -0.05) is 86.2 Å². The number of allylic oxidation sites excluding steroid dienone is 4. The molecule has 2 saturated heterocycles. The van der Waals surface area contributed by atoms with Crippen molar-refractivity contribution in [3.63, 3.8) is 0 Å². The van der Waals surface area contributed by atoms with Gasteiger partial charge in [-0.3, -0.25) is 0 Å². The zero-order valence-electron chi connectivity index (χ0n) is 22.6. The largest absolute Gasteiger partial charge is 0.491 e.